The van der Waals surface area contributed by atoms with Gasteiger partial charge in [-0.2, -0.15) is 5.26 Å². The van der Waals surface area contributed by atoms with E-state index in [0.29, 0.717) is 17.8 Å². The molecule has 4 nitrogen and oxygen atoms in total. The number of benzene rings is 2. The average molecular weight is 383 g/mol. The molecule has 2 aromatic rings. The second-order valence-electron chi connectivity index (χ2n) is 8.01. The van der Waals surface area contributed by atoms with Crippen LogP contribution < -0.4 is 10.6 Å². The van der Waals surface area contributed by atoms with Gasteiger partial charge in [-0.3, -0.25) is 9.69 Å². The Morgan fingerprint density at radius 3 is 2.41 bits per heavy atom. The highest BCUT2D eigenvalue weighted by molar-refractivity contribution is 6.01. The van der Waals surface area contributed by atoms with Gasteiger partial charge in [-0.05, 0) is 56.9 Å². The molecule has 1 heterocycles. The summed E-state index contributed by atoms with van der Waals surface area (Å²) in [5.41, 5.74) is 13.9. The summed E-state index contributed by atoms with van der Waals surface area (Å²) in [5.74, 6) is 0.148. The SMILES string of the molecule is Cc1ccc(N2C(N)=C(C#N)C(c3cc(C)ccc3C)C3=C2CCCC3=O)cc1. The number of allylic oxidation sites excluding steroid dienone is 3. The molecule has 2 aliphatic rings. The summed E-state index contributed by atoms with van der Waals surface area (Å²) in [6, 6.07) is 16.6. The van der Waals surface area contributed by atoms with Crippen LogP contribution in [0.3, 0.4) is 0 Å². The number of ketones is 1. The van der Waals surface area contributed by atoms with Crippen molar-refractivity contribution in [2.45, 2.75) is 46.0 Å². The fourth-order valence-corrected chi connectivity index (χ4v) is 4.46. The van der Waals surface area contributed by atoms with Crippen LogP contribution in [0.1, 0.15) is 47.4 Å². The number of aryl methyl sites for hydroxylation is 3. The molecule has 0 saturated heterocycles. The molecule has 0 spiro atoms. The van der Waals surface area contributed by atoms with Gasteiger partial charge in [0.15, 0.2) is 5.78 Å². The van der Waals surface area contributed by atoms with E-state index in [1.807, 2.05) is 49.9 Å². The summed E-state index contributed by atoms with van der Waals surface area (Å²) < 4.78 is 0. The fraction of sp³-hybridized carbons (Fsp3) is 0.280. The maximum atomic E-state index is 13.2. The first kappa shape index (κ1) is 19.0. The Morgan fingerprint density at radius 1 is 1.03 bits per heavy atom. The van der Waals surface area contributed by atoms with Gasteiger partial charge in [0, 0.05) is 23.4 Å². The zero-order valence-corrected chi connectivity index (χ0v) is 17.1. The Hall–Kier alpha value is -3.32. The molecule has 2 aromatic carbocycles. The summed E-state index contributed by atoms with van der Waals surface area (Å²) in [6.07, 6.45) is 2.09. The number of rotatable bonds is 2. The molecule has 0 radical (unpaired) electrons. The normalized spacial score (nSPS) is 19.3. The third-order valence-electron chi connectivity index (χ3n) is 5.95. The van der Waals surface area contributed by atoms with E-state index in [1.165, 1.54) is 0 Å². The van der Waals surface area contributed by atoms with Crippen LogP contribution >= 0.6 is 0 Å². The summed E-state index contributed by atoms with van der Waals surface area (Å²) >= 11 is 0. The molecule has 0 fully saturated rings. The van der Waals surface area contributed by atoms with Gasteiger partial charge in [0.1, 0.15) is 5.82 Å². The second kappa shape index (κ2) is 7.25. The molecule has 4 rings (SSSR count). The van der Waals surface area contributed by atoms with Crippen molar-refractivity contribution in [3.05, 3.63) is 87.4 Å². The van der Waals surface area contributed by atoms with Crippen LogP contribution in [0.2, 0.25) is 0 Å². The highest BCUT2D eigenvalue weighted by Gasteiger charge is 2.40. The lowest BCUT2D eigenvalue weighted by atomic mass is 9.74. The Labute approximate surface area is 171 Å². The Balaban J connectivity index is 1.99. The first-order chi connectivity index (χ1) is 13.9. The van der Waals surface area contributed by atoms with Gasteiger partial charge in [-0.15, -0.1) is 0 Å². The molecule has 29 heavy (non-hydrogen) atoms. The monoisotopic (exact) mass is 383 g/mol. The van der Waals surface area contributed by atoms with Crippen LogP contribution in [-0.4, -0.2) is 5.78 Å². The lowest BCUT2D eigenvalue weighted by Gasteiger charge is -2.40. The van der Waals surface area contributed by atoms with Crippen molar-refractivity contribution in [2.75, 3.05) is 4.90 Å². The van der Waals surface area contributed by atoms with E-state index >= 15 is 0 Å². The number of hydrogen-bond donors (Lipinski definition) is 1. The van der Waals surface area contributed by atoms with Gasteiger partial charge in [0.25, 0.3) is 0 Å². The highest BCUT2D eigenvalue weighted by atomic mass is 16.1. The Bertz CT molecular complexity index is 1100. The zero-order valence-electron chi connectivity index (χ0n) is 17.1. The third kappa shape index (κ3) is 3.13. The number of Topliss-reactive ketones (excluding diaryl/α,β-unsaturated/α-hetero) is 1. The van der Waals surface area contributed by atoms with E-state index in [1.54, 1.807) is 0 Å². The van der Waals surface area contributed by atoms with Crippen LogP contribution in [0, 0.1) is 32.1 Å². The van der Waals surface area contributed by atoms with Crippen LogP contribution in [0.15, 0.2) is 65.1 Å². The standard InChI is InChI=1S/C25H25N3O/c1-15-8-11-18(12-9-15)28-21-5-4-6-22(29)24(21)23(20(14-26)25(28)27)19-13-16(2)7-10-17(19)3/h7-13,23H,4-6,27H2,1-3H3. The smallest absolute Gasteiger partial charge is 0.161 e. The molecule has 4 heteroatoms. The molecular formula is C25H25N3O. The van der Waals surface area contributed by atoms with Gasteiger partial charge in [0.2, 0.25) is 0 Å². The molecule has 1 aliphatic carbocycles. The lowest BCUT2D eigenvalue weighted by Crippen LogP contribution is -2.38. The van der Waals surface area contributed by atoms with E-state index in [2.05, 4.69) is 24.3 Å². The van der Waals surface area contributed by atoms with Crippen LogP contribution in [0.25, 0.3) is 0 Å². The molecule has 1 atom stereocenters. The maximum Gasteiger partial charge on any atom is 0.161 e. The van der Waals surface area contributed by atoms with Gasteiger partial charge in [-0.25, -0.2) is 0 Å². The molecule has 0 amide bonds. The van der Waals surface area contributed by atoms with Crippen molar-refractivity contribution in [3.8, 4) is 6.07 Å². The molecule has 1 aliphatic heterocycles. The fourth-order valence-electron chi connectivity index (χ4n) is 4.46. The van der Waals surface area contributed by atoms with E-state index < -0.39 is 5.92 Å². The summed E-state index contributed by atoms with van der Waals surface area (Å²) in [6.45, 7) is 6.09. The largest absolute Gasteiger partial charge is 0.384 e. The van der Waals surface area contributed by atoms with E-state index in [0.717, 1.165) is 52.1 Å². The minimum Gasteiger partial charge on any atom is -0.384 e. The van der Waals surface area contributed by atoms with Gasteiger partial charge < -0.3 is 5.73 Å². The number of nitrogens with two attached hydrogens (primary N) is 1. The van der Waals surface area contributed by atoms with Crippen LogP contribution in [0.4, 0.5) is 5.69 Å². The van der Waals surface area contributed by atoms with Crippen molar-refractivity contribution in [1.29, 1.82) is 5.26 Å². The number of carbonyl (C=O) groups is 1. The second-order valence-corrected chi connectivity index (χ2v) is 8.01. The molecule has 1 unspecified atom stereocenters. The van der Waals surface area contributed by atoms with Crippen molar-refractivity contribution >= 4 is 11.5 Å². The molecule has 146 valence electrons. The van der Waals surface area contributed by atoms with Crippen molar-refractivity contribution < 1.29 is 4.79 Å². The molecule has 0 saturated carbocycles. The summed E-state index contributed by atoms with van der Waals surface area (Å²) in [4.78, 5) is 15.1. The van der Waals surface area contributed by atoms with Crippen molar-refractivity contribution in [3.63, 3.8) is 0 Å². The predicted molar refractivity (Wildman–Crippen MR) is 115 cm³/mol. The number of carbonyl (C=O) groups excluding carboxylic acids is 1. The van der Waals surface area contributed by atoms with Crippen molar-refractivity contribution in [1.82, 2.24) is 0 Å². The van der Waals surface area contributed by atoms with E-state index in [-0.39, 0.29) is 5.78 Å². The average Bonchev–Trinajstić information content (AvgIpc) is 2.70. The van der Waals surface area contributed by atoms with Crippen LogP contribution in [-0.2, 0) is 4.79 Å². The Kier molecular flexibility index (Phi) is 4.76. The quantitative estimate of drug-likeness (QED) is 0.799. The zero-order chi connectivity index (χ0) is 20.7. The first-order valence-electron chi connectivity index (χ1n) is 10.0. The molecule has 0 bridgehead atoms. The minimum absolute atomic E-state index is 0.120. The Morgan fingerprint density at radius 2 is 1.72 bits per heavy atom. The number of anilines is 1. The predicted octanol–water partition coefficient (Wildman–Crippen LogP) is 4.92. The van der Waals surface area contributed by atoms with E-state index in [9.17, 15) is 10.1 Å². The van der Waals surface area contributed by atoms with Gasteiger partial charge in [0.05, 0.1) is 17.6 Å². The topological polar surface area (TPSA) is 70.1 Å². The summed E-state index contributed by atoms with van der Waals surface area (Å²) in [7, 11) is 0. The van der Waals surface area contributed by atoms with Crippen LogP contribution in [0.5, 0.6) is 0 Å². The van der Waals surface area contributed by atoms with E-state index in [4.69, 9.17) is 5.73 Å². The van der Waals surface area contributed by atoms with Gasteiger partial charge in [-0.1, -0.05) is 41.5 Å². The molecule has 0 aromatic heterocycles. The maximum absolute atomic E-state index is 13.2. The first-order valence-corrected chi connectivity index (χ1v) is 10.0. The summed E-state index contributed by atoms with van der Waals surface area (Å²) in [5, 5.41) is 10.1. The molecular weight excluding hydrogens is 358 g/mol. The third-order valence-corrected chi connectivity index (χ3v) is 5.95. The number of hydrogen-bond acceptors (Lipinski definition) is 4. The number of nitriles is 1. The van der Waals surface area contributed by atoms with Crippen molar-refractivity contribution in [2.24, 2.45) is 5.73 Å². The minimum atomic E-state index is -0.399. The highest BCUT2D eigenvalue weighted by Crippen LogP contribution is 2.47. The number of nitrogens with zero attached hydrogens (tertiary/aromatic N) is 2. The van der Waals surface area contributed by atoms with Gasteiger partial charge >= 0.3 is 0 Å². The lowest BCUT2D eigenvalue weighted by molar-refractivity contribution is -0.116. The molecule has 2 N–H and O–H groups in total.